The fraction of sp³-hybridized carbons (Fsp3) is 0.600. The first-order chi connectivity index (χ1) is 8.58. The Kier molecular flexibility index (Phi) is 4.68. The molecule has 1 aromatic carbocycles. The molecule has 100 valence electrons. The van der Waals surface area contributed by atoms with E-state index in [-0.39, 0.29) is 5.82 Å². The average molecular weight is 268 g/mol. The van der Waals surface area contributed by atoms with Gasteiger partial charge < -0.3 is 5.11 Å². The van der Waals surface area contributed by atoms with E-state index >= 15 is 0 Å². The van der Waals surface area contributed by atoms with E-state index < -0.39 is 6.10 Å². The van der Waals surface area contributed by atoms with E-state index in [1.807, 2.05) is 6.07 Å². The highest BCUT2D eigenvalue weighted by atomic mass is 32.2. The molecule has 2 rings (SSSR count). The first-order valence-corrected chi connectivity index (χ1v) is 7.67. The molecule has 1 aliphatic carbocycles. The van der Waals surface area contributed by atoms with Gasteiger partial charge in [0.15, 0.2) is 0 Å². The van der Waals surface area contributed by atoms with Crippen molar-refractivity contribution in [3.63, 3.8) is 0 Å². The number of thioether (sulfide) groups is 1. The molecule has 0 bridgehead atoms. The Morgan fingerprint density at radius 3 is 2.67 bits per heavy atom. The van der Waals surface area contributed by atoms with Crippen molar-refractivity contribution in [3.8, 4) is 0 Å². The molecule has 1 aliphatic rings. The smallest absolute Gasteiger partial charge is 0.126 e. The van der Waals surface area contributed by atoms with Crippen molar-refractivity contribution < 1.29 is 9.50 Å². The number of hydrogen-bond donors (Lipinski definition) is 1. The van der Waals surface area contributed by atoms with Crippen LogP contribution < -0.4 is 0 Å². The molecule has 0 aromatic heterocycles. The predicted molar refractivity (Wildman–Crippen MR) is 74.5 cm³/mol. The van der Waals surface area contributed by atoms with Crippen LogP contribution in [0.25, 0.3) is 0 Å². The lowest BCUT2D eigenvalue weighted by atomic mass is 10.1. The number of halogens is 1. The maximum atomic E-state index is 13.5. The Balaban J connectivity index is 2.12. The summed E-state index contributed by atoms with van der Waals surface area (Å²) in [5.41, 5.74) is 1.38. The van der Waals surface area contributed by atoms with Crippen LogP contribution >= 0.6 is 11.8 Å². The summed E-state index contributed by atoms with van der Waals surface area (Å²) in [5, 5.41) is 9.73. The molecular formula is C15H21FOS. The van der Waals surface area contributed by atoms with Crippen LogP contribution in [0.4, 0.5) is 4.39 Å². The van der Waals surface area contributed by atoms with E-state index in [9.17, 15) is 9.50 Å². The zero-order valence-electron chi connectivity index (χ0n) is 11.1. The Bertz CT molecular complexity index is 411. The third-order valence-corrected chi connectivity index (χ3v) is 4.99. The fourth-order valence-electron chi connectivity index (χ4n) is 2.51. The van der Waals surface area contributed by atoms with E-state index in [4.69, 9.17) is 0 Å². The van der Waals surface area contributed by atoms with Crippen LogP contribution in [0.3, 0.4) is 0 Å². The van der Waals surface area contributed by atoms with Crippen LogP contribution in [-0.2, 0) is 0 Å². The van der Waals surface area contributed by atoms with Gasteiger partial charge in [0.2, 0.25) is 0 Å². The SMILES string of the molecule is Cc1cc(SCC2CCCC2)c([C@H](C)O)cc1F. The van der Waals surface area contributed by atoms with Crippen LogP contribution in [0.1, 0.15) is 49.8 Å². The first kappa shape index (κ1) is 13.9. The maximum Gasteiger partial charge on any atom is 0.126 e. The van der Waals surface area contributed by atoms with E-state index in [1.54, 1.807) is 25.6 Å². The molecule has 0 spiro atoms. The van der Waals surface area contributed by atoms with Crippen molar-refractivity contribution >= 4 is 11.8 Å². The van der Waals surface area contributed by atoms with Gasteiger partial charge in [-0.05, 0) is 55.9 Å². The van der Waals surface area contributed by atoms with E-state index in [1.165, 1.54) is 31.7 Å². The van der Waals surface area contributed by atoms with Crippen molar-refractivity contribution in [3.05, 3.63) is 29.1 Å². The molecule has 0 heterocycles. The summed E-state index contributed by atoms with van der Waals surface area (Å²) in [4.78, 5) is 1.04. The highest BCUT2D eigenvalue weighted by Gasteiger charge is 2.17. The molecule has 1 aromatic rings. The van der Waals surface area contributed by atoms with Gasteiger partial charge in [0, 0.05) is 10.6 Å². The molecule has 0 unspecified atom stereocenters. The van der Waals surface area contributed by atoms with Crippen molar-refractivity contribution in [2.45, 2.75) is 50.5 Å². The van der Waals surface area contributed by atoms with E-state index in [0.29, 0.717) is 5.56 Å². The lowest BCUT2D eigenvalue weighted by Crippen LogP contribution is -2.01. The lowest BCUT2D eigenvalue weighted by Gasteiger charge is -2.15. The summed E-state index contributed by atoms with van der Waals surface area (Å²) in [6, 6.07) is 3.36. The summed E-state index contributed by atoms with van der Waals surface area (Å²) in [7, 11) is 0. The summed E-state index contributed by atoms with van der Waals surface area (Å²) in [5.74, 6) is 1.66. The third-order valence-electron chi connectivity index (χ3n) is 3.69. The van der Waals surface area contributed by atoms with Crippen LogP contribution in [0.2, 0.25) is 0 Å². The van der Waals surface area contributed by atoms with Gasteiger partial charge in [-0.1, -0.05) is 12.8 Å². The van der Waals surface area contributed by atoms with Crippen LogP contribution in [-0.4, -0.2) is 10.9 Å². The van der Waals surface area contributed by atoms with Crippen molar-refractivity contribution in [2.24, 2.45) is 5.92 Å². The largest absolute Gasteiger partial charge is 0.389 e. The van der Waals surface area contributed by atoms with Crippen molar-refractivity contribution in [1.29, 1.82) is 0 Å². The van der Waals surface area contributed by atoms with Gasteiger partial charge in [-0.15, -0.1) is 11.8 Å². The van der Waals surface area contributed by atoms with Gasteiger partial charge in [0.1, 0.15) is 5.82 Å². The average Bonchev–Trinajstić information content (AvgIpc) is 2.83. The summed E-state index contributed by atoms with van der Waals surface area (Å²) >= 11 is 1.77. The number of rotatable bonds is 4. The minimum Gasteiger partial charge on any atom is -0.389 e. The van der Waals surface area contributed by atoms with Gasteiger partial charge in [-0.25, -0.2) is 4.39 Å². The molecule has 0 aliphatic heterocycles. The zero-order chi connectivity index (χ0) is 13.1. The number of benzene rings is 1. The number of aliphatic hydroxyl groups excluding tert-OH is 1. The second kappa shape index (κ2) is 6.07. The molecule has 0 saturated heterocycles. The molecule has 1 fully saturated rings. The maximum absolute atomic E-state index is 13.5. The summed E-state index contributed by atoms with van der Waals surface area (Å²) in [6.07, 6.45) is 4.72. The number of hydrogen-bond acceptors (Lipinski definition) is 2. The molecule has 3 heteroatoms. The van der Waals surface area contributed by atoms with Crippen LogP contribution in [0, 0.1) is 18.7 Å². The zero-order valence-corrected chi connectivity index (χ0v) is 11.9. The second-order valence-electron chi connectivity index (χ2n) is 5.28. The molecule has 1 saturated carbocycles. The molecule has 0 amide bonds. The van der Waals surface area contributed by atoms with Crippen molar-refractivity contribution in [2.75, 3.05) is 5.75 Å². The molecule has 1 atom stereocenters. The Hall–Kier alpha value is -0.540. The van der Waals surface area contributed by atoms with Gasteiger partial charge in [0.25, 0.3) is 0 Å². The van der Waals surface area contributed by atoms with Gasteiger partial charge >= 0.3 is 0 Å². The minimum absolute atomic E-state index is 0.226. The number of aryl methyl sites for hydroxylation is 1. The quantitative estimate of drug-likeness (QED) is 0.813. The van der Waals surface area contributed by atoms with Gasteiger partial charge in [-0.3, -0.25) is 0 Å². The Labute approximate surface area is 113 Å². The van der Waals surface area contributed by atoms with E-state index in [0.717, 1.165) is 22.1 Å². The Morgan fingerprint density at radius 2 is 2.06 bits per heavy atom. The first-order valence-electron chi connectivity index (χ1n) is 6.69. The fourth-order valence-corrected chi connectivity index (χ4v) is 3.91. The minimum atomic E-state index is -0.605. The molecular weight excluding hydrogens is 247 g/mol. The highest BCUT2D eigenvalue weighted by molar-refractivity contribution is 7.99. The lowest BCUT2D eigenvalue weighted by molar-refractivity contribution is 0.196. The molecule has 1 nitrogen and oxygen atoms in total. The standard InChI is InChI=1S/C15H21FOS/c1-10-7-15(13(11(2)17)8-14(10)16)18-9-12-5-3-4-6-12/h7-8,11-12,17H,3-6,9H2,1-2H3/t11-/m0/s1. The topological polar surface area (TPSA) is 20.2 Å². The van der Waals surface area contributed by atoms with Crippen molar-refractivity contribution in [1.82, 2.24) is 0 Å². The molecule has 0 radical (unpaired) electrons. The molecule has 18 heavy (non-hydrogen) atoms. The Morgan fingerprint density at radius 1 is 1.39 bits per heavy atom. The highest BCUT2D eigenvalue weighted by Crippen LogP contribution is 2.35. The summed E-state index contributed by atoms with van der Waals surface area (Å²) < 4.78 is 13.5. The molecule has 1 N–H and O–H groups in total. The van der Waals surface area contributed by atoms with Crippen LogP contribution in [0.5, 0.6) is 0 Å². The van der Waals surface area contributed by atoms with E-state index in [2.05, 4.69) is 0 Å². The third kappa shape index (κ3) is 3.27. The second-order valence-corrected chi connectivity index (χ2v) is 6.34. The number of aliphatic hydroxyl groups is 1. The summed E-state index contributed by atoms with van der Waals surface area (Å²) in [6.45, 7) is 3.48. The van der Waals surface area contributed by atoms with Crippen LogP contribution in [0.15, 0.2) is 17.0 Å². The van der Waals surface area contributed by atoms with Gasteiger partial charge in [0.05, 0.1) is 6.10 Å². The monoisotopic (exact) mass is 268 g/mol. The van der Waals surface area contributed by atoms with Gasteiger partial charge in [-0.2, -0.15) is 0 Å². The normalized spacial score (nSPS) is 18.2. The predicted octanol–water partition coefficient (Wildman–Crippen LogP) is 4.47.